The van der Waals surface area contributed by atoms with Gasteiger partial charge in [-0.2, -0.15) is 0 Å². The Morgan fingerprint density at radius 2 is 1.79 bits per heavy atom. The van der Waals surface area contributed by atoms with Crippen LogP contribution in [0.15, 0.2) is 23.3 Å². The molecule has 0 aliphatic rings. The van der Waals surface area contributed by atoms with Gasteiger partial charge in [0.15, 0.2) is 6.10 Å². The van der Waals surface area contributed by atoms with Crippen LogP contribution in [0.5, 0.6) is 0 Å². The first-order valence-corrected chi connectivity index (χ1v) is 6.57. The summed E-state index contributed by atoms with van der Waals surface area (Å²) >= 11 is 0. The first kappa shape index (κ1) is 17.4. The summed E-state index contributed by atoms with van der Waals surface area (Å²) in [4.78, 5) is 22.2. The molecule has 0 radical (unpaired) electrons. The van der Waals surface area contributed by atoms with Crippen molar-refractivity contribution >= 4 is 11.9 Å². The predicted molar refractivity (Wildman–Crippen MR) is 76.7 cm³/mol. The molecule has 0 aromatic heterocycles. The largest absolute Gasteiger partial charge is 0.453 e. The van der Waals surface area contributed by atoms with E-state index in [-0.39, 0.29) is 5.91 Å². The Labute approximate surface area is 115 Å². The molecule has 0 aromatic carbocycles. The second-order valence-corrected chi connectivity index (χ2v) is 4.87. The maximum absolute atomic E-state index is 11.5. The molecule has 0 rings (SSSR count). The molecule has 0 spiro atoms. The molecule has 0 saturated carbocycles. The molecule has 0 aliphatic carbocycles. The van der Waals surface area contributed by atoms with Gasteiger partial charge >= 0.3 is 5.97 Å². The number of esters is 1. The molecule has 1 unspecified atom stereocenters. The molecule has 0 saturated heterocycles. The fourth-order valence-electron chi connectivity index (χ4n) is 1.46. The van der Waals surface area contributed by atoms with Gasteiger partial charge in [0.2, 0.25) is 0 Å². The quantitative estimate of drug-likeness (QED) is 0.570. The van der Waals surface area contributed by atoms with Crippen molar-refractivity contribution in [2.75, 3.05) is 6.54 Å². The number of rotatable bonds is 7. The summed E-state index contributed by atoms with van der Waals surface area (Å²) in [5.74, 6) is -0.723. The Morgan fingerprint density at radius 1 is 1.16 bits per heavy atom. The van der Waals surface area contributed by atoms with E-state index in [1.165, 1.54) is 18.1 Å². The van der Waals surface area contributed by atoms with Crippen molar-refractivity contribution in [1.29, 1.82) is 0 Å². The van der Waals surface area contributed by atoms with Gasteiger partial charge < -0.3 is 10.1 Å². The summed E-state index contributed by atoms with van der Waals surface area (Å²) in [6.07, 6.45) is 5.44. The van der Waals surface area contributed by atoms with E-state index in [2.05, 4.69) is 25.2 Å². The summed E-state index contributed by atoms with van der Waals surface area (Å²) in [7, 11) is 0. The number of allylic oxidation sites excluding steroid dienone is 3. The lowest BCUT2D eigenvalue weighted by Gasteiger charge is -2.11. The molecule has 4 nitrogen and oxygen atoms in total. The minimum Gasteiger partial charge on any atom is -0.453 e. The maximum Gasteiger partial charge on any atom is 0.303 e. The highest BCUT2D eigenvalue weighted by molar-refractivity contribution is 5.82. The van der Waals surface area contributed by atoms with Gasteiger partial charge in [0.05, 0.1) is 0 Å². The summed E-state index contributed by atoms with van der Waals surface area (Å²) in [5.41, 5.74) is 2.55. The topological polar surface area (TPSA) is 55.4 Å². The van der Waals surface area contributed by atoms with Gasteiger partial charge in [-0.3, -0.25) is 9.59 Å². The van der Waals surface area contributed by atoms with E-state index in [4.69, 9.17) is 4.74 Å². The monoisotopic (exact) mass is 267 g/mol. The smallest absolute Gasteiger partial charge is 0.303 e. The van der Waals surface area contributed by atoms with Crippen LogP contribution < -0.4 is 5.32 Å². The van der Waals surface area contributed by atoms with Gasteiger partial charge in [-0.05, 0) is 40.5 Å². The average molecular weight is 267 g/mol. The molecule has 1 atom stereocenters. The highest BCUT2D eigenvalue weighted by Crippen LogP contribution is 2.05. The van der Waals surface area contributed by atoms with Gasteiger partial charge in [0.1, 0.15) is 0 Å². The third kappa shape index (κ3) is 10.1. The van der Waals surface area contributed by atoms with Crippen molar-refractivity contribution in [3.8, 4) is 0 Å². The third-order valence-corrected chi connectivity index (χ3v) is 2.53. The Balaban J connectivity index is 3.96. The summed E-state index contributed by atoms with van der Waals surface area (Å²) in [6, 6.07) is 0. The highest BCUT2D eigenvalue weighted by Gasteiger charge is 2.14. The van der Waals surface area contributed by atoms with Crippen molar-refractivity contribution in [3.63, 3.8) is 0 Å². The van der Waals surface area contributed by atoms with E-state index in [9.17, 15) is 9.59 Å². The van der Waals surface area contributed by atoms with Crippen molar-refractivity contribution < 1.29 is 14.3 Å². The van der Waals surface area contributed by atoms with Gasteiger partial charge in [0.25, 0.3) is 5.91 Å². The molecule has 1 N–H and O–H groups in total. The second-order valence-electron chi connectivity index (χ2n) is 4.87. The van der Waals surface area contributed by atoms with E-state index in [0.717, 1.165) is 12.8 Å². The fourth-order valence-corrected chi connectivity index (χ4v) is 1.46. The molecule has 19 heavy (non-hydrogen) atoms. The summed E-state index contributed by atoms with van der Waals surface area (Å²) < 4.78 is 4.78. The van der Waals surface area contributed by atoms with Crippen LogP contribution in [-0.2, 0) is 14.3 Å². The number of amides is 1. The van der Waals surface area contributed by atoms with E-state index in [1.54, 1.807) is 6.92 Å². The number of hydrogen-bond acceptors (Lipinski definition) is 3. The lowest BCUT2D eigenvalue weighted by Crippen LogP contribution is -2.35. The van der Waals surface area contributed by atoms with Crippen molar-refractivity contribution in [2.24, 2.45) is 0 Å². The third-order valence-electron chi connectivity index (χ3n) is 2.53. The van der Waals surface area contributed by atoms with Crippen molar-refractivity contribution in [2.45, 2.75) is 53.6 Å². The van der Waals surface area contributed by atoms with Crippen molar-refractivity contribution in [3.05, 3.63) is 23.3 Å². The van der Waals surface area contributed by atoms with E-state index in [0.29, 0.717) is 6.54 Å². The lowest BCUT2D eigenvalue weighted by molar-refractivity contribution is -0.152. The Bertz CT molecular complexity index is 366. The number of ether oxygens (including phenoxy) is 1. The van der Waals surface area contributed by atoms with E-state index in [1.807, 2.05) is 13.0 Å². The van der Waals surface area contributed by atoms with Gasteiger partial charge in [0, 0.05) is 13.5 Å². The zero-order valence-corrected chi connectivity index (χ0v) is 12.6. The van der Waals surface area contributed by atoms with Gasteiger partial charge in [-0.25, -0.2) is 0 Å². The fraction of sp³-hybridized carbons (Fsp3) is 0.600. The highest BCUT2D eigenvalue weighted by atomic mass is 16.5. The molecule has 4 heteroatoms. The van der Waals surface area contributed by atoms with Crippen LogP contribution in [0.2, 0.25) is 0 Å². The molecule has 1 amide bonds. The first-order chi connectivity index (χ1) is 8.82. The van der Waals surface area contributed by atoms with Gasteiger partial charge in [-0.15, -0.1) is 0 Å². The Kier molecular flexibility index (Phi) is 8.58. The minimum atomic E-state index is -0.739. The SMILES string of the molecule is CC(=O)OC(C)C(=O)NC/C=C(\C)CCC=C(C)C. The van der Waals surface area contributed by atoms with Crippen LogP contribution in [0, 0.1) is 0 Å². The molecule has 108 valence electrons. The van der Waals surface area contributed by atoms with Crippen LogP contribution in [0.4, 0.5) is 0 Å². The molecule has 0 fully saturated rings. The number of carbonyl (C=O) groups excluding carboxylic acids is 2. The predicted octanol–water partition coefficient (Wildman–Crippen LogP) is 2.75. The Morgan fingerprint density at radius 3 is 2.32 bits per heavy atom. The van der Waals surface area contributed by atoms with E-state index >= 15 is 0 Å². The standard InChI is InChI=1S/C15H25NO3/c1-11(2)7-6-8-12(3)9-10-16-15(18)13(4)19-14(5)17/h7,9,13H,6,8,10H2,1-5H3,(H,16,18)/b12-9+. The maximum atomic E-state index is 11.5. The average Bonchev–Trinajstić information content (AvgIpc) is 2.27. The normalized spacial score (nSPS) is 12.6. The molecule has 0 aromatic rings. The molecular formula is C15H25NO3. The van der Waals surface area contributed by atoms with Crippen LogP contribution in [0.3, 0.4) is 0 Å². The molecular weight excluding hydrogens is 242 g/mol. The van der Waals surface area contributed by atoms with Crippen LogP contribution >= 0.6 is 0 Å². The van der Waals surface area contributed by atoms with Crippen molar-refractivity contribution in [1.82, 2.24) is 5.32 Å². The van der Waals surface area contributed by atoms with E-state index < -0.39 is 12.1 Å². The summed E-state index contributed by atoms with van der Waals surface area (Å²) in [6.45, 7) is 9.51. The Hall–Kier alpha value is -1.58. The zero-order chi connectivity index (χ0) is 14.8. The molecule has 0 bridgehead atoms. The van der Waals surface area contributed by atoms with Gasteiger partial charge in [-0.1, -0.05) is 23.3 Å². The lowest BCUT2D eigenvalue weighted by atomic mass is 10.1. The van der Waals surface area contributed by atoms with Crippen LogP contribution in [0.25, 0.3) is 0 Å². The number of carbonyl (C=O) groups is 2. The molecule has 0 heterocycles. The summed E-state index contributed by atoms with van der Waals surface area (Å²) in [5, 5.41) is 2.71. The zero-order valence-electron chi connectivity index (χ0n) is 12.6. The number of nitrogens with one attached hydrogen (secondary N) is 1. The second kappa shape index (κ2) is 9.36. The first-order valence-electron chi connectivity index (χ1n) is 6.57. The van der Waals surface area contributed by atoms with Crippen LogP contribution in [0.1, 0.15) is 47.5 Å². The van der Waals surface area contributed by atoms with Crippen LogP contribution in [-0.4, -0.2) is 24.5 Å². The number of hydrogen-bond donors (Lipinski definition) is 1. The minimum absolute atomic E-state index is 0.274. The molecule has 0 aliphatic heterocycles.